The van der Waals surface area contributed by atoms with Crippen molar-refractivity contribution in [1.82, 2.24) is 40.6 Å². The number of pyridine rings is 2. The number of alkyl halides is 4. The van der Waals surface area contributed by atoms with Crippen molar-refractivity contribution < 1.29 is 48.0 Å². The second-order valence-electron chi connectivity index (χ2n) is 16.0. The molecule has 0 radical (unpaired) electrons. The monoisotopic (exact) mass is 1020 g/mol. The third-order valence-electron chi connectivity index (χ3n) is 11.6. The van der Waals surface area contributed by atoms with Gasteiger partial charge in [-0.25, -0.2) is 16.8 Å². The number of hydrogen-bond acceptors (Lipinski definition) is 15. The van der Waals surface area contributed by atoms with Gasteiger partial charge in [-0.05, 0) is 113 Å². The molecule has 9 rings (SSSR count). The van der Waals surface area contributed by atoms with E-state index in [4.69, 9.17) is 36.8 Å². The second-order valence-corrected chi connectivity index (χ2v) is 21.2. The molecule has 2 aromatic carbocycles. The van der Waals surface area contributed by atoms with Gasteiger partial charge in [0.2, 0.25) is 31.8 Å². The minimum absolute atomic E-state index is 0.0149. The minimum atomic E-state index is -3.75. The zero-order chi connectivity index (χ0) is 48.0. The third kappa shape index (κ3) is 11.6. The Bertz CT molecular complexity index is 2850. The Hall–Kier alpha value is -5.30. The summed E-state index contributed by atoms with van der Waals surface area (Å²) in [6.45, 7) is 4.00. The number of hydrogen-bond donors (Lipinski definition) is 1. The molecule has 3 aliphatic heterocycles. The average Bonchev–Trinajstić information content (AvgIpc) is 4.03. The average molecular weight is 1020 g/mol. The van der Waals surface area contributed by atoms with Crippen LogP contribution in [0.25, 0.3) is 22.9 Å². The van der Waals surface area contributed by atoms with Gasteiger partial charge in [-0.1, -0.05) is 35.3 Å². The number of piperidine rings is 2. The lowest BCUT2D eigenvalue weighted by molar-refractivity contribution is -0.0695. The van der Waals surface area contributed by atoms with Crippen LogP contribution in [0.4, 0.5) is 28.9 Å². The van der Waals surface area contributed by atoms with Crippen LogP contribution >= 0.6 is 23.2 Å². The maximum Gasteiger partial charge on any atom is 0.314 e. The number of rotatable bonds is 15. The van der Waals surface area contributed by atoms with Crippen LogP contribution in [-0.4, -0.2) is 108 Å². The third-order valence-corrected chi connectivity index (χ3v) is 16.6. The molecule has 0 unspecified atom stereocenters. The molecule has 68 heavy (non-hydrogen) atoms. The van der Waals surface area contributed by atoms with Gasteiger partial charge in [0.25, 0.3) is 11.8 Å². The molecule has 0 aliphatic carbocycles. The number of nitrogens with one attached hydrogen (secondary N) is 1. The molecule has 0 spiro atoms. The largest absolute Gasteiger partial charge is 0.415 e. The molecule has 0 atom stereocenters. The van der Waals surface area contributed by atoms with E-state index in [9.17, 15) is 34.4 Å². The highest BCUT2D eigenvalue weighted by Crippen LogP contribution is 2.33. The van der Waals surface area contributed by atoms with Gasteiger partial charge in [0.05, 0.1) is 76.7 Å². The smallest absolute Gasteiger partial charge is 0.314 e. The molecule has 3 saturated heterocycles. The van der Waals surface area contributed by atoms with Crippen LogP contribution in [0.2, 0.25) is 10.0 Å². The molecule has 3 fully saturated rings. The normalized spacial score (nSPS) is 16.6. The van der Waals surface area contributed by atoms with E-state index in [0.29, 0.717) is 115 Å². The predicted molar refractivity (Wildman–Crippen MR) is 243 cm³/mol. The number of halogens is 6. The summed E-state index contributed by atoms with van der Waals surface area (Å²) < 4.78 is 123. The van der Waals surface area contributed by atoms with Gasteiger partial charge in [0, 0.05) is 22.4 Å². The number of aromatic nitrogens is 6. The summed E-state index contributed by atoms with van der Waals surface area (Å²) in [6.07, 6.45) is -0.910. The van der Waals surface area contributed by atoms with Crippen molar-refractivity contribution in [2.45, 2.75) is 68.2 Å². The molecule has 0 amide bonds. The SMILES string of the molecule is O=S(=O)(C1CCN(C2COC2)CC1)N(Cc1ccc(-c2nnc(C(F)F)o2)cn1)c1cccc(Cl)c1.O=S(=O)(C1CCNCC1)N(Cc1ccc(-c2nnc(C(F)F)o2)cn1)c1cccc(Cl)c1. The maximum atomic E-state index is 13.8. The second kappa shape index (κ2) is 21.6. The van der Waals surface area contributed by atoms with Crippen LogP contribution < -0.4 is 13.9 Å². The van der Waals surface area contributed by atoms with E-state index < -0.39 is 55.2 Å². The Kier molecular flexibility index (Phi) is 15.6. The first kappa shape index (κ1) is 49.1. The van der Waals surface area contributed by atoms with Gasteiger partial charge in [-0.3, -0.25) is 23.5 Å². The van der Waals surface area contributed by atoms with Crippen LogP contribution in [0.3, 0.4) is 0 Å². The molecule has 17 nitrogen and oxygen atoms in total. The Morgan fingerprint density at radius 2 is 1.10 bits per heavy atom. The van der Waals surface area contributed by atoms with Crippen LogP contribution in [0.5, 0.6) is 0 Å². The van der Waals surface area contributed by atoms with E-state index in [1.807, 2.05) is 0 Å². The molecule has 1 N–H and O–H groups in total. The van der Waals surface area contributed by atoms with E-state index in [0.717, 1.165) is 0 Å². The number of benzene rings is 2. The number of anilines is 2. The number of likely N-dealkylation sites (tertiary alicyclic amines) is 1. The Morgan fingerprint density at radius 1 is 0.647 bits per heavy atom. The quantitative estimate of drug-likeness (QED) is 0.0978. The summed E-state index contributed by atoms with van der Waals surface area (Å²) in [5, 5.41) is 16.8. The van der Waals surface area contributed by atoms with Gasteiger partial charge < -0.3 is 18.9 Å². The Morgan fingerprint density at radius 3 is 1.47 bits per heavy atom. The molecule has 4 aromatic heterocycles. The lowest BCUT2D eigenvalue weighted by Gasteiger charge is -2.42. The highest BCUT2D eigenvalue weighted by atomic mass is 35.5. The van der Waals surface area contributed by atoms with Gasteiger partial charge in [-0.2, -0.15) is 17.6 Å². The fourth-order valence-corrected chi connectivity index (χ4v) is 12.0. The molecule has 0 bridgehead atoms. The fourth-order valence-electron chi connectivity index (χ4n) is 7.81. The number of nitrogens with zero attached hydrogens (tertiary/aromatic N) is 9. The standard InChI is InChI=1S/C23H24ClF2N5O4S.C20H20ClF2N5O3S/c24-16-2-1-3-18(10-16)31(36(32,33)20-6-8-30(9-7-20)19-13-34-14-19)12-17-5-4-15(11-27-17)22-28-29-23(35-22)21(25)26;21-14-2-1-3-16(10-14)28(32(29,30)17-6-8-24-9-7-17)12-15-5-4-13(11-25-15)19-26-27-20(31-19)18(22)23/h1-5,10-11,19-21H,6-9,12-14H2;1-5,10-11,17-18,24H,6-9,12H2. The highest BCUT2D eigenvalue weighted by Gasteiger charge is 2.38. The molecule has 0 saturated carbocycles. The van der Waals surface area contributed by atoms with Crippen molar-refractivity contribution in [2.75, 3.05) is 48.0 Å². The van der Waals surface area contributed by atoms with Gasteiger partial charge in [0.15, 0.2) is 0 Å². The topological polar surface area (TPSA) is 203 Å². The van der Waals surface area contributed by atoms with E-state index in [-0.39, 0.29) is 24.9 Å². The van der Waals surface area contributed by atoms with Crippen molar-refractivity contribution in [3.05, 3.63) is 118 Å². The highest BCUT2D eigenvalue weighted by molar-refractivity contribution is 7.93. The molecule has 3 aliphatic rings. The summed E-state index contributed by atoms with van der Waals surface area (Å²) in [7, 11) is -7.44. The lowest BCUT2D eigenvalue weighted by atomic mass is 10.1. The van der Waals surface area contributed by atoms with Crippen molar-refractivity contribution in [3.63, 3.8) is 0 Å². The van der Waals surface area contributed by atoms with Crippen molar-refractivity contribution >= 4 is 54.6 Å². The van der Waals surface area contributed by atoms with Crippen molar-refractivity contribution in [2.24, 2.45) is 0 Å². The summed E-state index contributed by atoms with van der Waals surface area (Å²) in [6, 6.07) is 20.0. The number of ether oxygens (including phenoxy) is 1. The first-order chi connectivity index (χ1) is 32.6. The predicted octanol–water partition coefficient (Wildman–Crippen LogP) is 7.73. The molecular weight excluding hydrogens is 980 g/mol. The molecular formula is C43H44Cl2F4N10O7S2. The lowest BCUT2D eigenvalue weighted by Crippen LogP contribution is -2.54. The zero-order valence-electron chi connectivity index (χ0n) is 35.9. The van der Waals surface area contributed by atoms with E-state index in [1.54, 1.807) is 72.8 Å². The maximum absolute atomic E-state index is 13.8. The Balaban J connectivity index is 0.000000185. The van der Waals surface area contributed by atoms with Gasteiger partial charge in [0.1, 0.15) is 0 Å². The Labute approximate surface area is 398 Å². The fraction of sp³-hybridized carbons (Fsp3) is 0.395. The van der Waals surface area contributed by atoms with Crippen LogP contribution in [0.15, 0.2) is 94.0 Å². The van der Waals surface area contributed by atoms with E-state index in [1.165, 1.54) is 21.0 Å². The molecule has 25 heteroatoms. The van der Waals surface area contributed by atoms with Crippen LogP contribution in [0, 0.1) is 0 Å². The summed E-state index contributed by atoms with van der Waals surface area (Å²) in [5.74, 6) is -1.73. The van der Waals surface area contributed by atoms with E-state index in [2.05, 4.69) is 40.6 Å². The summed E-state index contributed by atoms with van der Waals surface area (Å²) >= 11 is 12.3. The molecule has 7 heterocycles. The summed E-state index contributed by atoms with van der Waals surface area (Å²) in [4.78, 5) is 10.9. The zero-order valence-corrected chi connectivity index (χ0v) is 39.1. The minimum Gasteiger partial charge on any atom is -0.415 e. The first-order valence-corrected chi connectivity index (χ1v) is 25.1. The molecule has 6 aromatic rings. The van der Waals surface area contributed by atoms with Gasteiger partial charge in [-0.15, -0.1) is 20.4 Å². The van der Waals surface area contributed by atoms with Crippen molar-refractivity contribution in [3.8, 4) is 22.9 Å². The van der Waals surface area contributed by atoms with Crippen LogP contribution in [0.1, 0.15) is 61.7 Å². The van der Waals surface area contributed by atoms with E-state index >= 15 is 0 Å². The summed E-state index contributed by atoms with van der Waals surface area (Å²) in [5.41, 5.74) is 2.51. The van der Waals surface area contributed by atoms with Crippen molar-refractivity contribution in [1.29, 1.82) is 0 Å². The molecule has 362 valence electrons. The first-order valence-electron chi connectivity index (χ1n) is 21.4. The van der Waals surface area contributed by atoms with Gasteiger partial charge >= 0.3 is 12.9 Å². The van der Waals surface area contributed by atoms with Crippen LogP contribution in [-0.2, 0) is 37.9 Å². The number of sulfonamides is 2.